The van der Waals surface area contributed by atoms with Crippen LogP contribution < -0.4 is 4.74 Å². The first kappa shape index (κ1) is 14.5. The van der Waals surface area contributed by atoms with Gasteiger partial charge in [-0.05, 0) is 64.3 Å². The summed E-state index contributed by atoms with van der Waals surface area (Å²) >= 11 is 3.27. The molecule has 0 unspecified atom stereocenters. The molecule has 0 fully saturated rings. The number of rotatable bonds is 4. The minimum absolute atomic E-state index is 0.183. The molecule has 2 rings (SSSR count). The Morgan fingerprint density at radius 3 is 2.65 bits per heavy atom. The van der Waals surface area contributed by atoms with Gasteiger partial charge in [0, 0.05) is 0 Å². The van der Waals surface area contributed by atoms with Crippen LogP contribution in [0.25, 0.3) is 0 Å². The van der Waals surface area contributed by atoms with E-state index in [9.17, 15) is 9.18 Å². The Balaban J connectivity index is 2.13. The van der Waals surface area contributed by atoms with E-state index in [0.717, 1.165) is 11.1 Å². The van der Waals surface area contributed by atoms with Crippen molar-refractivity contribution in [2.45, 2.75) is 13.5 Å². The lowest BCUT2D eigenvalue weighted by atomic mass is 10.1. The van der Waals surface area contributed by atoms with Gasteiger partial charge in [-0.25, -0.2) is 9.18 Å². The highest BCUT2D eigenvalue weighted by atomic mass is 79.9. The lowest BCUT2D eigenvalue weighted by Gasteiger charge is -2.10. The van der Waals surface area contributed by atoms with Crippen molar-refractivity contribution in [3.05, 3.63) is 63.4 Å². The Bertz CT molecular complexity index is 656. The monoisotopic (exact) mass is 338 g/mol. The van der Waals surface area contributed by atoms with Crippen LogP contribution in [0.1, 0.15) is 21.5 Å². The molecular formula is C15H12BrFO3. The molecule has 3 nitrogen and oxygen atoms in total. The van der Waals surface area contributed by atoms with Crippen molar-refractivity contribution >= 4 is 21.9 Å². The second-order valence-electron chi connectivity index (χ2n) is 4.31. The van der Waals surface area contributed by atoms with E-state index in [1.807, 2.05) is 6.92 Å². The molecule has 20 heavy (non-hydrogen) atoms. The molecule has 0 amide bonds. The molecule has 0 aliphatic carbocycles. The topological polar surface area (TPSA) is 46.5 Å². The first-order valence-corrected chi connectivity index (χ1v) is 6.67. The number of ether oxygens (including phenoxy) is 1. The summed E-state index contributed by atoms with van der Waals surface area (Å²) in [4.78, 5) is 10.8. The number of carbonyl (C=O) groups is 1. The molecule has 0 saturated carbocycles. The van der Waals surface area contributed by atoms with Crippen LogP contribution in [0.15, 0.2) is 40.9 Å². The Labute approximate surface area is 124 Å². The van der Waals surface area contributed by atoms with E-state index in [2.05, 4.69) is 15.9 Å². The van der Waals surface area contributed by atoms with Crippen LogP contribution in [-0.2, 0) is 6.61 Å². The summed E-state index contributed by atoms with van der Waals surface area (Å²) in [5.74, 6) is -0.733. The molecule has 0 aromatic heterocycles. The van der Waals surface area contributed by atoms with Crippen molar-refractivity contribution < 1.29 is 19.0 Å². The van der Waals surface area contributed by atoms with Crippen LogP contribution in [0.5, 0.6) is 5.75 Å². The fourth-order valence-electron chi connectivity index (χ4n) is 1.73. The van der Waals surface area contributed by atoms with Gasteiger partial charge in [-0.3, -0.25) is 0 Å². The molecule has 0 heterocycles. The standard InChI is InChI=1S/C15H12BrFO3/c1-9-6-12(17)4-2-11(9)8-20-14-5-3-10(15(18)19)7-13(14)16/h2-7H,8H2,1H3,(H,18,19). The Hall–Kier alpha value is -1.88. The lowest BCUT2D eigenvalue weighted by molar-refractivity contribution is 0.0696. The van der Waals surface area contributed by atoms with E-state index in [-0.39, 0.29) is 18.0 Å². The molecule has 0 bridgehead atoms. The lowest BCUT2D eigenvalue weighted by Crippen LogP contribution is -2.00. The van der Waals surface area contributed by atoms with Gasteiger partial charge in [-0.15, -0.1) is 0 Å². The van der Waals surface area contributed by atoms with Crippen LogP contribution in [0, 0.1) is 12.7 Å². The smallest absolute Gasteiger partial charge is 0.335 e. The first-order valence-electron chi connectivity index (χ1n) is 5.88. The second kappa shape index (κ2) is 6.05. The maximum atomic E-state index is 13.0. The van der Waals surface area contributed by atoms with Crippen molar-refractivity contribution in [2.24, 2.45) is 0 Å². The van der Waals surface area contributed by atoms with Gasteiger partial charge in [0.05, 0.1) is 10.0 Å². The molecule has 2 aromatic carbocycles. The predicted molar refractivity (Wildman–Crippen MR) is 76.6 cm³/mol. The van der Waals surface area contributed by atoms with Crippen molar-refractivity contribution in [1.29, 1.82) is 0 Å². The third kappa shape index (κ3) is 3.36. The van der Waals surface area contributed by atoms with E-state index in [4.69, 9.17) is 9.84 Å². The number of hydrogen-bond acceptors (Lipinski definition) is 2. The summed E-state index contributed by atoms with van der Waals surface area (Å²) in [5.41, 5.74) is 1.87. The van der Waals surface area contributed by atoms with Gasteiger partial charge in [0.15, 0.2) is 0 Å². The van der Waals surface area contributed by atoms with E-state index in [0.29, 0.717) is 10.2 Å². The van der Waals surface area contributed by atoms with Gasteiger partial charge in [0.2, 0.25) is 0 Å². The molecule has 2 aromatic rings. The summed E-state index contributed by atoms with van der Waals surface area (Å²) in [6.07, 6.45) is 0. The molecular weight excluding hydrogens is 327 g/mol. The van der Waals surface area contributed by atoms with Crippen LogP contribution in [0.3, 0.4) is 0 Å². The third-order valence-corrected chi connectivity index (χ3v) is 3.49. The summed E-state index contributed by atoms with van der Waals surface area (Å²) < 4.78 is 19.2. The van der Waals surface area contributed by atoms with Crippen molar-refractivity contribution in [3.8, 4) is 5.75 Å². The molecule has 104 valence electrons. The second-order valence-corrected chi connectivity index (χ2v) is 5.16. The first-order chi connectivity index (χ1) is 9.47. The number of halogens is 2. The highest BCUT2D eigenvalue weighted by Crippen LogP contribution is 2.27. The maximum Gasteiger partial charge on any atom is 0.335 e. The minimum Gasteiger partial charge on any atom is -0.488 e. The number of hydrogen-bond donors (Lipinski definition) is 1. The number of aryl methyl sites for hydroxylation is 1. The zero-order valence-electron chi connectivity index (χ0n) is 10.7. The predicted octanol–water partition coefficient (Wildman–Crippen LogP) is 4.17. The van der Waals surface area contributed by atoms with Crippen LogP contribution in [-0.4, -0.2) is 11.1 Å². The zero-order valence-corrected chi connectivity index (χ0v) is 12.3. The van der Waals surface area contributed by atoms with Gasteiger partial charge in [-0.2, -0.15) is 0 Å². The SMILES string of the molecule is Cc1cc(F)ccc1COc1ccc(C(=O)O)cc1Br. The van der Waals surface area contributed by atoms with Gasteiger partial charge < -0.3 is 9.84 Å². The molecule has 0 radical (unpaired) electrons. The molecule has 1 N–H and O–H groups in total. The van der Waals surface area contributed by atoms with Gasteiger partial charge in [-0.1, -0.05) is 6.07 Å². The number of aromatic carboxylic acids is 1. The number of carboxylic acids is 1. The molecule has 5 heteroatoms. The Morgan fingerprint density at radius 2 is 2.05 bits per heavy atom. The van der Waals surface area contributed by atoms with Gasteiger partial charge >= 0.3 is 5.97 Å². The van der Waals surface area contributed by atoms with Crippen molar-refractivity contribution in [2.75, 3.05) is 0 Å². The average Bonchev–Trinajstić information content (AvgIpc) is 2.38. The van der Waals surface area contributed by atoms with E-state index >= 15 is 0 Å². The highest BCUT2D eigenvalue weighted by molar-refractivity contribution is 9.10. The summed E-state index contributed by atoms with van der Waals surface area (Å²) in [6, 6.07) is 9.04. The van der Waals surface area contributed by atoms with Crippen LogP contribution >= 0.6 is 15.9 Å². The van der Waals surface area contributed by atoms with E-state index < -0.39 is 5.97 Å². The van der Waals surface area contributed by atoms with Crippen molar-refractivity contribution in [3.63, 3.8) is 0 Å². The summed E-state index contributed by atoms with van der Waals surface area (Å²) in [5, 5.41) is 8.87. The summed E-state index contributed by atoms with van der Waals surface area (Å²) in [6.45, 7) is 2.10. The maximum absolute atomic E-state index is 13.0. The van der Waals surface area contributed by atoms with Gasteiger partial charge in [0.1, 0.15) is 18.2 Å². The molecule has 0 atom stereocenters. The zero-order chi connectivity index (χ0) is 14.7. The fraction of sp³-hybridized carbons (Fsp3) is 0.133. The minimum atomic E-state index is -0.994. The largest absolute Gasteiger partial charge is 0.488 e. The van der Waals surface area contributed by atoms with E-state index in [1.54, 1.807) is 12.1 Å². The molecule has 0 aliphatic rings. The summed E-state index contributed by atoms with van der Waals surface area (Å²) in [7, 11) is 0. The number of carboxylic acid groups (broad SMARTS) is 1. The third-order valence-electron chi connectivity index (χ3n) is 2.87. The van der Waals surface area contributed by atoms with E-state index in [1.165, 1.54) is 24.3 Å². The Kier molecular flexibility index (Phi) is 4.39. The van der Waals surface area contributed by atoms with Crippen molar-refractivity contribution in [1.82, 2.24) is 0 Å². The van der Waals surface area contributed by atoms with Crippen LogP contribution in [0.4, 0.5) is 4.39 Å². The fourth-order valence-corrected chi connectivity index (χ4v) is 2.22. The molecule has 0 aliphatic heterocycles. The molecule has 0 saturated heterocycles. The molecule has 0 spiro atoms. The highest BCUT2D eigenvalue weighted by Gasteiger charge is 2.08. The Morgan fingerprint density at radius 1 is 1.30 bits per heavy atom. The average molecular weight is 339 g/mol. The van der Waals surface area contributed by atoms with Crippen LogP contribution in [0.2, 0.25) is 0 Å². The number of benzene rings is 2. The quantitative estimate of drug-likeness (QED) is 0.909. The normalized spacial score (nSPS) is 10.3. The van der Waals surface area contributed by atoms with Gasteiger partial charge in [0.25, 0.3) is 0 Å².